The van der Waals surface area contributed by atoms with Crippen LogP contribution in [0.2, 0.25) is 0 Å². The molecule has 0 saturated heterocycles. The molecule has 0 heterocycles. The van der Waals surface area contributed by atoms with E-state index in [9.17, 15) is 28.9 Å². The fraction of sp³-hybridized carbons (Fsp3) is 0.948. The maximum atomic E-state index is 12.9. The summed E-state index contributed by atoms with van der Waals surface area (Å²) in [6.45, 7) is 4.71. The maximum absolute atomic E-state index is 12.9. The van der Waals surface area contributed by atoms with Crippen LogP contribution in [0.15, 0.2) is 0 Å². The Morgan fingerprint density at radius 1 is 0.343 bits per heavy atom. The summed E-state index contributed by atoms with van der Waals surface area (Å²) >= 11 is 0. The van der Waals surface area contributed by atoms with Crippen molar-refractivity contribution < 1.29 is 52.2 Å². The first-order valence-corrected chi connectivity index (χ1v) is 31.4. The minimum absolute atomic E-state index is 0.179. The summed E-state index contributed by atoms with van der Waals surface area (Å²) in [7, 11) is -4.73. The smallest absolute Gasteiger partial charge is 0.462 e. The fourth-order valence-corrected chi connectivity index (χ4v) is 9.73. The largest absolute Gasteiger partial charge is 0.472 e. The predicted octanol–water partition coefficient (Wildman–Crippen LogP) is 17.5. The molecule has 0 aliphatic carbocycles. The molecule has 3 unspecified atom stereocenters. The van der Waals surface area contributed by atoms with E-state index >= 15 is 0 Å². The number of rotatable bonds is 57. The first-order chi connectivity index (χ1) is 34.2. The molecule has 0 fully saturated rings. The van der Waals surface area contributed by atoms with Gasteiger partial charge in [-0.25, -0.2) is 4.57 Å². The van der Waals surface area contributed by atoms with Gasteiger partial charge in [0.25, 0.3) is 0 Å². The number of hydrogen-bond acceptors (Lipinski definition) is 10. The van der Waals surface area contributed by atoms with Gasteiger partial charge in [-0.15, -0.1) is 0 Å². The molecule has 0 aromatic heterocycles. The van der Waals surface area contributed by atoms with E-state index < -0.39 is 57.8 Å². The minimum atomic E-state index is -4.73. The molecule has 0 saturated carbocycles. The van der Waals surface area contributed by atoms with Gasteiger partial charge in [0.05, 0.1) is 19.8 Å². The van der Waals surface area contributed by atoms with Crippen molar-refractivity contribution in [1.82, 2.24) is 0 Å². The summed E-state index contributed by atoms with van der Waals surface area (Å²) in [6.07, 6.45) is 50.6. The quantitative estimate of drug-likeness (QED) is 0.0259. The van der Waals surface area contributed by atoms with Gasteiger partial charge in [0, 0.05) is 19.3 Å². The van der Waals surface area contributed by atoms with Crippen molar-refractivity contribution >= 4 is 25.7 Å². The van der Waals surface area contributed by atoms with E-state index in [2.05, 4.69) is 20.8 Å². The average molecular weight is 1020 g/mol. The molecule has 0 aliphatic rings. The fourth-order valence-electron chi connectivity index (χ4n) is 8.95. The van der Waals surface area contributed by atoms with Crippen molar-refractivity contribution in [3.05, 3.63) is 0 Å². The van der Waals surface area contributed by atoms with Crippen LogP contribution in [0.5, 0.6) is 0 Å². The number of ether oxygens (including phenoxy) is 3. The third-order valence-electron chi connectivity index (χ3n) is 13.5. The zero-order valence-electron chi connectivity index (χ0n) is 46.0. The number of carbonyl (C=O) groups excluding carboxylic acids is 3. The lowest BCUT2D eigenvalue weighted by atomic mass is 10.0. The summed E-state index contributed by atoms with van der Waals surface area (Å²) in [5, 5.41) is 9.80. The second kappa shape index (κ2) is 53.8. The van der Waals surface area contributed by atoms with E-state index in [0.717, 1.165) is 57.8 Å². The second-order valence-electron chi connectivity index (χ2n) is 20.5. The summed E-state index contributed by atoms with van der Waals surface area (Å²) in [6, 6.07) is 0. The molecule has 0 bridgehead atoms. The van der Waals surface area contributed by atoms with Crippen LogP contribution in [0.3, 0.4) is 0 Å². The third-order valence-corrected chi connectivity index (χ3v) is 14.5. The Kier molecular flexibility index (Phi) is 52.6. The van der Waals surface area contributed by atoms with E-state index in [1.54, 1.807) is 0 Å². The van der Waals surface area contributed by atoms with Crippen LogP contribution in [0.25, 0.3) is 0 Å². The van der Waals surface area contributed by atoms with Crippen molar-refractivity contribution in [2.45, 2.75) is 328 Å². The number of esters is 3. The molecular formula is C58H113O11P. The highest BCUT2D eigenvalue weighted by molar-refractivity contribution is 7.47. The Labute approximate surface area is 431 Å². The SMILES string of the molecule is CCCCCCCCCCCCCCCCCCCCCC(=O)OC(COC(=O)CCCCCCCCCCCCC)COP(=O)(O)OCC(CO)OC(=O)CCCCCCCCCCCCCCC. The third kappa shape index (κ3) is 51.4. The van der Waals surface area contributed by atoms with Gasteiger partial charge in [-0.05, 0) is 19.3 Å². The molecule has 0 spiro atoms. The van der Waals surface area contributed by atoms with Gasteiger partial charge in [-0.1, -0.05) is 278 Å². The van der Waals surface area contributed by atoms with E-state index in [4.69, 9.17) is 23.3 Å². The van der Waals surface area contributed by atoms with Gasteiger partial charge in [-0.3, -0.25) is 23.4 Å². The van der Waals surface area contributed by atoms with E-state index in [0.29, 0.717) is 19.3 Å². The molecule has 12 heteroatoms. The molecule has 2 N–H and O–H groups in total. The topological polar surface area (TPSA) is 155 Å². The number of unbranched alkanes of at least 4 members (excludes halogenated alkanes) is 40. The highest BCUT2D eigenvalue weighted by atomic mass is 31.2. The number of phosphoric acid groups is 1. The average Bonchev–Trinajstić information content (AvgIpc) is 3.35. The van der Waals surface area contributed by atoms with Gasteiger partial charge < -0.3 is 24.2 Å². The lowest BCUT2D eigenvalue weighted by molar-refractivity contribution is -0.161. The Morgan fingerprint density at radius 2 is 0.571 bits per heavy atom. The standard InChI is InChI=1S/C58H113O11P/c1-4-7-10-13-16-19-22-24-25-26-27-28-29-31-34-37-40-43-46-49-58(62)69-55(51-65-56(60)47-44-41-38-35-32-21-18-15-12-9-6-3)53-67-70(63,64)66-52-54(50-59)68-57(61)48-45-42-39-36-33-30-23-20-17-14-11-8-5-2/h54-55,59H,4-53H2,1-3H3,(H,63,64). The zero-order valence-corrected chi connectivity index (χ0v) is 46.9. The Bertz CT molecular complexity index is 1190. The summed E-state index contributed by atoms with van der Waals surface area (Å²) < 4.78 is 39.5. The summed E-state index contributed by atoms with van der Waals surface area (Å²) in [5.41, 5.74) is 0. The van der Waals surface area contributed by atoms with Gasteiger partial charge >= 0.3 is 25.7 Å². The Balaban J connectivity index is 4.60. The lowest BCUT2D eigenvalue weighted by Gasteiger charge is -2.21. The number of aliphatic hydroxyl groups is 1. The summed E-state index contributed by atoms with van der Waals surface area (Å²) in [5.74, 6) is -1.43. The molecule has 0 amide bonds. The zero-order chi connectivity index (χ0) is 51.3. The Hall–Kier alpha value is -1.52. The van der Waals surface area contributed by atoms with E-state index in [1.807, 2.05) is 0 Å². The molecule has 0 radical (unpaired) electrons. The molecule has 0 rings (SSSR count). The highest BCUT2D eigenvalue weighted by Crippen LogP contribution is 2.43. The number of hydrogen-bond donors (Lipinski definition) is 2. The predicted molar refractivity (Wildman–Crippen MR) is 289 cm³/mol. The normalized spacial score (nSPS) is 13.3. The monoisotopic (exact) mass is 1020 g/mol. The van der Waals surface area contributed by atoms with Gasteiger partial charge in [0.1, 0.15) is 12.7 Å². The van der Waals surface area contributed by atoms with E-state index in [1.165, 1.54) is 199 Å². The summed E-state index contributed by atoms with van der Waals surface area (Å²) in [4.78, 5) is 48.5. The molecule has 0 aromatic rings. The molecule has 0 aromatic carbocycles. The molecule has 70 heavy (non-hydrogen) atoms. The molecule has 0 aliphatic heterocycles. The molecule has 3 atom stereocenters. The van der Waals surface area contributed by atoms with Crippen LogP contribution in [0, 0.1) is 0 Å². The number of carbonyl (C=O) groups is 3. The van der Waals surface area contributed by atoms with Crippen LogP contribution >= 0.6 is 7.82 Å². The molecule has 11 nitrogen and oxygen atoms in total. The lowest BCUT2D eigenvalue weighted by Crippen LogP contribution is -2.30. The first kappa shape index (κ1) is 68.5. The molecule has 416 valence electrons. The van der Waals surface area contributed by atoms with Crippen LogP contribution < -0.4 is 0 Å². The van der Waals surface area contributed by atoms with Crippen LogP contribution in [-0.4, -0.2) is 66.5 Å². The second-order valence-corrected chi connectivity index (χ2v) is 22.0. The van der Waals surface area contributed by atoms with Gasteiger partial charge in [-0.2, -0.15) is 0 Å². The van der Waals surface area contributed by atoms with Crippen molar-refractivity contribution in [3.8, 4) is 0 Å². The van der Waals surface area contributed by atoms with Crippen LogP contribution in [0.4, 0.5) is 0 Å². The molecular weight excluding hydrogens is 904 g/mol. The van der Waals surface area contributed by atoms with Crippen molar-refractivity contribution in [2.75, 3.05) is 26.4 Å². The number of phosphoric ester groups is 1. The maximum Gasteiger partial charge on any atom is 0.472 e. The number of aliphatic hydroxyl groups excluding tert-OH is 1. The highest BCUT2D eigenvalue weighted by Gasteiger charge is 2.28. The van der Waals surface area contributed by atoms with Crippen molar-refractivity contribution in [1.29, 1.82) is 0 Å². The van der Waals surface area contributed by atoms with Crippen molar-refractivity contribution in [2.24, 2.45) is 0 Å². The Morgan fingerprint density at radius 3 is 0.843 bits per heavy atom. The van der Waals surface area contributed by atoms with Crippen LogP contribution in [-0.2, 0) is 42.2 Å². The first-order valence-electron chi connectivity index (χ1n) is 29.9. The van der Waals surface area contributed by atoms with E-state index in [-0.39, 0.29) is 25.9 Å². The van der Waals surface area contributed by atoms with Crippen LogP contribution in [0.1, 0.15) is 316 Å². The van der Waals surface area contributed by atoms with Crippen molar-refractivity contribution in [3.63, 3.8) is 0 Å². The van der Waals surface area contributed by atoms with Gasteiger partial charge in [0.15, 0.2) is 6.10 Å². The minimum Gasteiger partial charge on any atom is -0.462 e. The van der Waals surface area contributed by atoms with Gasteiger partial charge in [0.2, 0.25) is 0 Å².